The van der Waals surface area contributed by atoms with Crippen LogP contribution in [0.2, 0.25) is 0 Å². The number of nitrogens with zero attached hydrogens (tertiary/aromatic N) is 5. The summed E-state index contributed by atoms with van der Waals surface area (Å²) in [6.45, 7) is 4.29. The van der Waals surface area contributed by atoms with Gasteiger partial charge in [0.25, 0.3) is 5.56 Å². The maximum Gasteiger partial charge on any atom is 0.252 e. The van der Waals surface area contributed by atoms with Crippen molar-refractivity contribution in [2.24, 2.45) is 0 Å². The Balaban J connectivity index is 1.43. The van der Waals surface area contributed by atoms with E-state index >= 15 is 0 Å². The highest BCUT2D eigenvalue weighted by Crippen LogP contribution is 2.22. The molecule has 0 spiro atoms. The summed E-state index contributed by atoms with van der Waals surface area (Å²) in [7, 11) is 1.67. The third-order valence-corrected chi connectivity index (χ3v) is 6.80. The fraction of sp³-hybridized carbons (Fsp3) is 0.267. The summed E-state index contributed by atoms with van der Waals surface area (Å²) in [6.07, 6.45) is 1.77. The fourth-order valence-corrected chi connectivity index (χ4v) is 4.71. The molecule has 0 saturated carbocycles. The van der Waals surface area contributed by atoms with Crippen LogP contribution < -0.4 is 10.3 Å². The lowest BCUT2D eigenvalue weighted by atomic mass is 10.1. The zero-order chi connectivity index (χ0) is 26.3. The molecule has 0 aliphatic rings. The number of aryl methyl sites for hydroxylation is 3. The molecule has 0 amide bonds. The quantitative estimate of drug-likeness (QED) is 0.282. The molecule has 5 aromatic rings. The van der Waals surface area contributed by atoms with E-state index < -0.39 is 0 Å². The van der Waals surface area contributed by atoms with E-state index in [1.54, 1.807) is 7.11 Å². The number of hydrogen-bond acceptors (Lipinski definition) is 6. The van der Waals surface area contributed by atoms with Crippen LogP contribution in [-0.4, -0.2) is 37.2 Å². The van der Waals surface area contributed by atoms with Crippen molar-refractivity contribution in [3.63, 3.8) is 0 Å². The van der Waals surface area contributed by atoms with E-state index in [0.717, 1.165) is 40.9 Å². The summed E-state index contributed by atoms with van der Waals surface area (Å²) in [5, 5.41) is 13.6. The van der Waals surface area contributed by atoms with E-state index in [2.05, 4.69) is 56.6 Å². The van der Waals surface area contributed by atoms with Crippen LogP contribution in [0.1, 0.15) is 35.0 Å². The standard InChI is InChI=1S/C30H32N6O2/c1-3-22-13-14-27-25(17-22)18-26(30(37)31-27)20-35(19-24-11-7-8-12-28(24)38-2)21-29-32-33-34-36(29)16-15-23-9-5-4-6-10-23/h4-14,17-18H,3,15-16,19-21H2,1-2H3,(H,31,37). The Hall–Kier alpha value is -4.30. The lowest BCUT2D eigenvalue weighted by molar-refractivity contribution is 0.231. The lowest BCUT2D eigenvalue weighted by Gasteiger charge is -2.23. The zero-order valence-corrected chi connectivity index (χ0v) is 21.8. The largest absolute Gasteiger partial charge is 0.496 e. The molecule has 0 aliphatic heterocycles. The van der Waals surface area contributed by atoms with E-state index in [1.807, 2.05) is 59.3 Å². The van der Waals surface area contributed by atoms with Gasteiger partial charge in [-0.3, -0.25) is 9.69 Å². The number of nitrogens with one attached hydrogen (secondary N) is 1. The van der Waals surface area contributed by atoms with Crippen molar-refractivity contribution in [3.05, 3.63) is 117 Å². The van der Waals surface area contributed by atoms with Gasteiger partial charge in [-0.2, -0.15) is 0 Å². The predicted octanol–water partition coefficient (Wildman–Crippen LogP) is 4.53. The number of methoxy groups -OCH3 is 1. The molecule has 0 unspecified atom stereocenters. The van der Waals surface area contributed by atoms with Crippen molar-refractivity contribution in [1.82, 2.24) is 30.1 Å². The van der Waals surface area contributed by atoms with Gasteiger partial charge in [0.1, 0.15) is 5.75 Å². The number of benzene rings is 3. The molecule has 0 bridgehead atoms. The average molecular weight is 509 g/mol. The molecule has 0 atom stereocenters. The van der Waals surface area contributed by atoms with Gasteiger partial charge in [-0.1, -0.05) is 61.5 Å². The minimum atomic E-state index is -0.0876. The Kier molecular flexibility index (Phi) is 7.89. The van der Waals surface area contributed by atoms with E-state index in [0.29, 0.717) is 31.7 Å². The molecule has 0 saturated heterocycles. The van der Waals surface area contributed by atoms with Gasteiger partial charge < -0.3 is 9.72 Å². The first-order valence-electron chi connectivity index (χ1n) is 12.9. The van der Waals surface area contributed by atoms with E-state index in [4.69, 9.17) is 4.74 Å². The average Bonchev–Trinajstić information content (AvgIpc) is 3.39. The first-order chi connectivity index (χ1) is 18.6. The number of H-pyrrole nitrogens is 1. The molecule has 38 heavy (non-hydrogen) atoms. The molecule has 8 heteroatoms. The molecule has 8 nitrogen and oxygen atoms in total. The number of hydrogen-bond donors (Lipinski definition) is 1. The van der Waals surface area contributed by atoms with Gasteiger partial charge in [-0.05, 0) is 64.0 Å². The molecule has 1 N–H and O–H groups in total. The molecule has 2 heterocycles. The Morgan fingerprint density at radius 1 is 0.895 bits per heavy atom. The third-order valence-electron chi connectivity index (χ3n) is 6.80. The molecule has 194 valence electrons. The van der Waals surface area contributed by atoms with Crippen molar-refractivity contribution in [2.45, 2.75) is 45.9 Å². The summed E-state index contributed by atoms with van der Waals surface area (Å²) in [6, 6.07) is 26.4. The van der Waals surface area contributed by atoms with Crippen LogP contribution in [0.4, 0.5) is 0 Å². The molecule has 3 aromatic carbocycles. The monoisotopic (exact) mass is 508 g/mol. The Bertz CT molecular complexity index is 1560. The van der Waals surface area contributed by atoms with Crippen molar-refractivity contribution >= 4 is 10.9 Å². The maximum atomic E-state index is 13.1. The summed E-state index contributed by atoms with van der Waals surface area (Å²) in [4.78, 5) is 18.3. The van der Waals surface area contributed by atoms with Crippen molar-refractivity contribution < 1.29 is 4.74 Å². The van der Waals surface area contributed by atoms with E-state index in [-0.39, 0.29) is 5.56 Å². The van der Waals surface area contributed by atoms with Crippen LogP contribution in [0.25, 0.3) is 10.9 Å². The molecular weight excluding hydrogens is 476 g/mol. The maximum absolute atomic E-state index is 13.1. The van der Waals surface area contributed by atoms with Crippen molar-refractivity contribution in [3.8, 4) is 5.75 Å². The SMILES string of the molecule is CCc1ccc2[nH]c(=O)c(CN(Cc3ccccc3OC)Cc3nnnn3CCc3ccccc3)cc2c1. The minimum Gasteiger partial charge on any atom is -0.496 e. The second-order valence-corrected chi connectivity index (χ2v) is 9.41. The van der Waals surface area contributed by atoms with Gasteiger partial charge in [0.05, 0.1) is 13.7 Å². The summed E-state index contributed by atoms with van der Waals surface area (Å²) >= 11 is 0. The number of aromatic nitrogens is 5. The Morgan fingerprint density at radius 3 is 2.50 bits per heavy atom. The number of pyridine rings is 1. The van der Waals surface area contributed by atoms with Gasteiger partial charge >= 0.3 is 0 Å². The van der Waals surface area contributed by atoms with Crippen LogP contribution in [0.5, 0.6) is 5.75 Å². The number of ether oxygens (including phenoxy) is 1. The van der Waals surface area contributed by atoms with Crippen LogP contribution in [0.15, 0.2) is 83.7 Å². The van der Waals surface area contributed by atoms with Gasteiger partial charge in [-0.15, -0.1) is 5.10 Å². The first-order valence-corrected chi connectivity index (χ1v) is 12.9. The van der Waals surface area contributed by atoms with Crippen LogP contribution >= 0.6 is 0 Å². The summed E-state index contributed by atoms with van der Waals surface area (Å²) in [5.74, 6) is 1.56. The highest BCUT2D eigenvalue weighted by Gasteiger charge is 2.17. The highest BCUT2D eigenvalue weighted by atomic mass is 16.5. The minimum absolute atomic E-state index is 0.0876. The van der Waals surface area contributed by atoms with Crippen LogP contribution in [-0.2, 0) is 39.0 Å². The smallest absolute Gasteiger partial charge is 0.252 e. The van der Waals surface area contributed by atoms with Gasteiger partial charge in [-0.25, -0.2) is 4.68 Å². The number of aromatic amines is 1. The van der Waals surface area contributed by atoms with E-state index in [9.17, 15) is 4.79 Å². The summed E-state index contributed by atoms with van der Waals surface area (Å²) < 4.78 is 7.46. The number of para-hydroxylation sites is 1. The molecular formula is C30H32N6O2. The molecule has 2 aromatic heterocycles. The second-order valence-electron chi connectivity index (χ2n) is 9.41. The molecule has 0 radical (unpaired) electrons. The summed E-state index contributed by atoms with van der Waals surface area (Å²) in [5.41, 5.74) is 4.95. The van der Waals surface area contributed by atoms with Crippen molar-refractivity contribution in [1.29, 1.82) is 0 Å². The Morgan fingerprint density at radius 2 is 1.68 bits per heavy atom. The molecule has 0 fully saturated rings. The normalized spacial score (nSPS) is 11.3. The predicted molar refractivity (Wildman–Crippen MR) is 148 cm³/mol. The fourth-order valence-electron chi connectivity index (χ4n) is 4.71. The van der Waals surface area contributed by atoms with E-state index in [1.165, 1.54) is 11.1 Å². The number of rotatable bonds is 11. The van der Waals surface area contributed by atoms with Gasteiger partial charge in [0, 0.05) is 36.3 Å². The van der Waals surface area contributed by atoms with Crippen LogP contribution in [0.3, 0.4) is 0 Å². The molecule has 5 rings (SSSR count). The topological polar surface area (TPSA) is 88.9 Å². The number of tetrazole rings is 1. The molecule has 0 aliphatic carbocycles. The first kappa shape index (κ1) is 25.4. The van der Waals surface area contributed by atoms with Crippen LogP contribution in [0, 0.1) is 0 Å². The lowest BCUT2D eigenvalue weighted by Crippen LogP contribution is -2.28. The van der Waals surface area contributed by atoms with Gasteiger partial charge in [0.2, 0.25) is 0 Å². The van der Waals surface area contributed by atoms with Crippen molar-refractivity contribution in [2.75, 3.05) is 7.11 Å². The number of fused-ring (bicyclic) bond motifs is 1. The second kappa shape index (κ2) is 11.8. The highest BCUT2D eigenvalue weighted by molar-refractivity contribution is 5.79. The van der Waals surface area contributed by atoms with Gasteiger partial charge in [0.15, 0.2) is 5.82 Å². The Labute approximate surface area is 221 Å². The third kappa shape index (κ3) is 5.98. The zero-order valence-electron chi connectivity index (χ0n) is 21.8.